The first kappa shape index (κ1) is 19.6. The molecule has 23 heavy (non-hydrogen) atoms. The van der Waals surface area contributed by atoms with E-state index in [0.29, 0.717) is 12.0 Å². The molecule has 0 saturated carbocycles. The molecule has 0 aromatic heterocycles. The summed E-state index contributed by atoms with van der Waals surface area (Å²) in [6.45, 7) is 8.62. The van der Waals surface area contributed by atoms with Crippen molar-refractivity contribution >= 4 is 10.0 Å². The highest BCUT2D eigenvalue weighted by molar-refractivity contribution is 7.89. The molecule has 0 radical (unpaired) electrons. The summed E-state index contributed by atoms with van der Waals surface area (Å²) in [5.74, 6) is -0.985. The molecule has 0 aliphatic heterocycles. The Morgan fingerprint density at radius 3 is 2.61 bits per heavy atom. The van der Waals surface area contributed by atoms with Crippen LogP contribution in [0.15, 0.2) is 30.9 Å². The summed E-state index contributed by atoms with van der Waals surface area (Å²) in [6.07, 6.45) is 0.737. The second-order valence-corrected chi connectivity index (χ2v) is 7.55. The van der Waals surface area contributed by atoms with Gasteiger partial charge in [-0.15, -0.1) is 6.58 Å². The number of hydrogen-bond donors (Lipinski definition) is 2. The highest BCUT2D eigenvalue weighted by Crippen LogP contribution is 2.25. The minimum absolute atomic E-state index is 0.0581. The molecule has 0 bridgehead atoms. The van der Waals surface area contributed by atoms with Crippen molar-refractivity contribution in [3.8, 4) is 5.75 Å². The number of aliphatic hydroxyl groups is 1. The number of rotatable bonds is 9. The van der Waals surface area contributed by atoms with Gasteiger partial charge in [0.2, 0.25) is 10.0 Å². The van der Waals surface area contributed by atoms with E-state index in [0.717, 1.165) is 0 Å². The van der Waals surface area contributed by atoms with Crippen LogP contribution in [0.2, 0.25) is 0 Å². The van der Waals surface area contributed by atoms with Crippen LogP contribution in [0.5, 0.6) is 5.75 Å². The fourth-order valence-electron chi connectivity index (χ4n) is 1.78. The summed E-state index contributed by atoms with van der Waals surface area (Å²) in [4.78, 5) is 0. The molecule has 0 fully saturated rings. The Morgan fingerprint density at radius 2 is 2.04 bits per heavy atom. The van der Waals surface area contributed by atoms with E-state index in [1.165, 1.54) is 24.3 Å². The Labute approximate surface area is 137 Å². The van der Waals surface area contributed by atoms with Gasteiger partial charge in [0.15, 0.2) is 17.9 Å². The van der Waals surface area contributed by atoms with Crippen LogP contribution in [0.1, 0.15) is 38.8 Å². The molecule has 0 heterocycles. The van der Waals surface area contributed by atoms with Crippen LogP contribution in [-0.2, 0) is 10.0 Å². The minimum Gasteiger partial charge on any atom is -0.462 e. The van der Waals surface area contributed by atoms with Gasteiger partial charge in [-0.05, 0) is 31.0 Å². The first-order valence-electron chi connectivity index (χ1n) is 7.41. The van der Waals surface area contributed by atoms with E-state index in [2.05, 4.69) is 11.3 Å². The fraction of sp³-hybridized carbons (Fsp3) is 0.500. The van der Waals surface area contributed by atoms with Crippen LogP contribution in [-0.4, -0.2) is 25.6 Å². The number of allylic oxidation sites excluding steroid dienone is 1. The van der Waals surface area contributed by atoms with Gasteiger partial charge in [-0.2, -0.15) is 0 Å². The first-order chi connectivity index (χ1) is 10.7. The van der Waals surface area contributed by atoms with Crippen molar-refractivity contribution in [1.82, 2.24) is 4.72 Å². The van der Waals surface area contributed by atoms with Gasteiger partial charge < -0.3 is 9.84 Å². The lowest BCUT2D eigenvalue weighted by Gasteiger charge is -2.19. The van der Waals surface area contributed by atoms with Crippen LogP contribution in [0.3, 0.4) is 0 Å². The van der Waals surface area contributed by atoms with Gasteiger partial charge >= 0.3 is 0 Å². The van der Waals surface area contributed by atoms with Gasteiger partial charge in [0, 0.05) is 12.0 Å². The Hall–Kier alpha value is -1.44. The van der Waals surface area contributed by atoms with Gasteiger partial charge in [0.25, 0.3) is 0 Å². The minimum atomic E-state index is -3.46. The highest BCUT2D eigenvalue weighted by atomic mass is 32.2. The molecule has 1 aromatic carbocycles. The lowest BCUT2D eigenvalue weighted by molar-refractivity contribution is -0.0537. The van der Waals surface area contributed by atoms with Crippen LogP contribution in [0, 0.1) is 11.7 Å². The molecular weight excluding hydrogens is 321 g/mol. The quantitative estimate of drug-likeness (QED) is 0.533. The lowest BCUT2D eigenvalue weighted by Crippen LogP contribution is -2.29. The van der Waals surface area contributed by atoms with E-state index >= 15 is 0 Å². The van der Waals surface area contributed by atoms with Crippen molar-refractivity contribution in [2.24, 2.45) is 5.92 Å². The van der Waals surface area contributed by atoms with Crippen molar-refractivity contribution < 1.29 is 22.7 Å². The standard InChI is InChI=1S/C16H24FNO4S/c1-5-6-9-23(20,21)18-12(4)13-7-8-14(17)15(10-13)22-16(19)11(2)3/h5,7-8,10-12,16,18-19H,1,6,9H2,2-4H3/t12-,16?/m1/s1. The second kappa shape index (κ2) is 8.42. The third-order valence-electron chi connectivity index (χ3n) is 3.22. The topological polar surface area (TPSA) is 75.6 Å². The molecule has 0 saturated heterocycles. The molecular formula is C16H24FNO4S. The number of ether oxygens (including phenoxy) is 1. The molecule has 1 aromatic rings. The molecule has 1 rings (SSSR count). The van der Waals surface area contributed by atoms with Crippen molar-refractivity contribution in [1.29, 1.82) is 0 Å². The molecule has 130 valence electrons. The van der Waals surface area contributed by atoms with E-state index in [1.807, 2.05) is 0 Å². The number of hydrogen-bond acceptors (Lipinski definition) is 4. The van der Waals surface area contributed by atoms with Crippen LogP contribution < -0.4 is 9.46 Å². The number of halogens is 1. The SMILES string of the molecule is C=CCCS(=O)(=O)N[C@H](C)c1ccc(F)c(OC(O)C(C)C)c1. The Bertz CT molecular complexity index is 631. The first-order valence-corrected chi connectivity index (χ1v) is 9.06. The maximum atomic E-state index is 13.8. The van der Waals surface area contributed by atoms with Crippen LogP contribution >= 0.6 is 0 Å². The molecule has 0 amide bonds. The maximum Gasteiger partial charge on any atom is 0.212 e. The van der Waals surface area contributed by atoms with Crippen molar-refractivity contribution in [3.63, 3.8) is 0 Å². The molecule has 0 aliphatic carbocycles. The summed E-state index contributed by atoms with van der Waals surface area (Å²) >= 11 is 0. The molecule has 5 nitrogen and oxygen atoms in total. The van der Waals surface area contributed by atoms with Gasteiger partial charge in [0.1, 0.15) is 0 Å². The van der Waals surface area contributed by atoms with Gasteiger partial charge in [-0.25, -0.2) is 17.5 Å². The summed E-state index contributed by atoms with van der Waals surface area (Å²) in [5.41, 5.74) is 0.541. The molecule has 2 N–H and O–H groups in total. The third kappa shape index (κ3) is 6.29. The van der Waals surface area contributed by atoms with E-state index in [4.69, 9.17) is 4.74 Å². The van der Waals surface area contributed by atoms with Crippen molar-refractivity contribution in [3.05, 3.63) is 42.2 Å². The van der Waals surface area contributed by atoms with Gasteiger partial charge in [0.05, 0.1) is 5.75 Å². The average Bonchev–Trinajstić information content (AvgIpc) is 2.46. The van der Waals surface area contributed by atoms with Crippen molar-refractivity contribution in [2.45, 2.75) is 39.5 Å². The smallest absolute Gasteiger partial charge is 0.212 e. The van der Waals surface area contributed by atoms with E-state index in [9.17, 15) is 17.9 Å². The molecule has 7 heteroatoms. The number of benzene rings is 1. The lowest BCUT2D eigenvalue weighted by atomic mass is 10.1. The molecule has 1 unspecified atom stereocenters. The Morgan fingerprint density at radius 1 is 1.39 bits per heavy atom. The molecule has 2 atom stereocenters. The normalized spacial score (nSPS) is 14.5. The summed E-state index contributed by atoms with van der Waals surface area (Å²) in [7, 11) is -3.46. The zero-order chi connectivity index (χ0) is 17.6. The summed E-state index contributed by atoms with van der Waals surface area (Å²) < 4.78 is 45.2. The van der Waals surface area contributed by atoms with Gasteiger partial charge in [-0.3, -0.25) is 0 Å². The zero-order valence-corrected chi connectivity index (χ0v) is 14.4. The second-order valence-electron chi connectivity index (χ2n) is 5.68. The third-order valence-corrected chi connectivity index (χ3v) is 4.71. The van der Waals surface area contributed by atoms with Gasteiger partial charge in [-0.1, -0.05) is 26.0 Å². The van der Waals surface area contributed by atoms with E-state index in [1.54, 1.807) is 20.8 Å². The highest BCUT2D eigenvalue weighted by Gasteiger charge is 2.18. The largest absolute Gasteiger partial charge is 0.462 e. The van der Waals surface area contributed by atoms with E-state index in [-0.39, 0.29) is 17.4 Å². The summed E-state index contributed by atoms with van der Waals surface area (Å²) in [5, 5.41) is 9.71. The number of aliphatic hydroxyl groups excluding tert-OH is 1. The number of nitrogens with one attached hydrogen (secondary N) is 1. The van der Waals surface area contributed by atoms with E-state index < -0.39 is 28.2 Å². The zero-order valence-electron chi connectivity index (χ0n) is 13.6. The van der Waals surface area contributed by atoms with Crippen LogP contribution in [0.4, 0.5) is 4.39 Å². The predicted octanol–water partition coefficient (Wildman–Crippen LogP) is 2.74. The Balaban J connectivity index is 2.90. The number of sulfonamides is 1. The monoisotopic (exact) mass is 345 g/mol. The Kier molecular flexibility index (Phi) is 7.18. The molecule has 0 aliphatic rings. The average molecular weight is 345 g/mol. The predicted molar refractivity (Wildman–Crippen MR) is 88.0 cm³/mol. The molecule has 0 spiro atoms. The summed E-state index contributed by atoms with van der Waals surface area (Å²) in [6, 6.07) is 3.50. The van der Waals surface area contributed by atoms with Crippen LogP contribution in [0.25, 0.3) is 0 Å². The fourth-order valence-corrected chi connectivity index (χ4v) is 3.05. The maximum absolute atomic E-state index is 13.8. The van der Waals surface area contributed by atoms with Crippen molar-refractivity contribution in [2.75, 3.05) is 5.75 Å².